The molecular weight excluding hydrogens is 442 g/mol. The monoisotopic (exact) mass is 487 g/mol. The van der Waals surface area contributed by atoms with Gasteiger partial charge in [-0.3, -0.25) is 10.1 Å². The molecule has 0 bridgehead atoms. The highest BCUT2D eigenvalue weighted by atomic mass is 16.6. The summed E-state index contributed by atoms with van der Waals surface area (Å²) in [5.41, 5.74) is 0.649. The van der Waals surface area contributed by atoms with Gasteiger partial charge in [0.05, 0.1) is 18.3 Å². The zero-order valence-electron chi connectivity index (χ0n) is 22.1. The Morgan fingerprint density at radius 1 is 1.17 bits per heavy atom. The van der Waals surface area contributed by atoms with E-state index in [2.05, 4.69) is 39.1 Å². The summed E-state index contributed by atoms with van der Waals surface area (Å²) in [4.78, 5) is 12.0. The molecule has 0 amide bonds. The number of rotatable bonds is 1. The van der Waals surface area contributed by atoms with Crippen molar-refractivity contribution in [3.8, 4) is 0 Å². The van der Waals surface area contributed by atoms with Crippen LogP contribution in [-0.2, 0) is 14.3 Å². The van der Waals surface area contributed by atoms with E-state index in [1.54, 1.807) is 0 Å². The van der Waals surface area contributed by atoms with Gasteiger partial charge >= 0.3 is 5.97 Å². The lowest BCUT2D eigenvalue weighted by Gasteiger charge is -2.60. The largest absolute Gasteiger partial charge is 0.458 e. The number of hydrogen-bond acceptors (Lipinski definition) is 6. The highest BCUT2D eigenvalue weighted by molar-refractivity contribution is 5.66. The minimum Gasteiger partial charge on any atom is -0.458 e. The van der Waals surface area contributed by atoms with Crippen LogP contribution < -0.4 is 5.32 Å². The third-order valence-corrected chi connectivity index (χ3v) is 12.0. The number of ether oxygens (including phenoxy) is 2. The number of allylic oxidation sites excluding steroid dienone is 1. The number of aliphatic hydroxyl groups excluding tert-OH is 2. The molecule has 196 valence electrons. The fourth-order valence-electron chi connectivity index (χ4n) is 10.2. The Hall–Kier alpha value is -0.950. The summed E-state index contributed by atoms with van der Waals surface area (Å²) in [6, 6.07) is 0. The first kappa shape index (κ1) is 24.4. The molecule has 2 saturated heterocycles. The highest BCUT2D eigenvalue weighted by Gasteiger charge is 2.72. The molecule has 6 rings (SSSR count). The van der Waals surface area contributed by atoms with E-state index >= 15 is 0 Å². The molecule has 0 aromatic heterocycles. The van der Waals surface area contributed by atoms with E-state index in [1.165, 1.54) is 12.5 Å². The predicted octanol–water partition coefficient (Wildman–Crippen LogP) is 3.80. The second kappa shape index (κ2) is 8.02. The lowest BCUT2D eigenvalue weighted by molar-refractivity contribution is -0.202. The van der Waals surface area contributed by atoms with Crippen molar-refractivity contribution in [2.24, 2.45) is 46.3 Å². The maximum Gasteiger partial charge on any atom is 0.303 e. The standard InChI is InChI=1S/C29H45NO5/c1-15-10-25(34-17(3)31)29(30-14-15)16(2)26-23(35-29)12-22-20-7-6-18-11-19(32)8-9-27(18,4)21(20)13-24(33)28(22,26)5/h6,15-16,19-26,30,32-33H,7-14H2,1-5H3/t15-,16-,19+,20-,21+,22+,23+,24-,25+,26-,27+,28-,29-/m1/s1. The van der Waals surface area contributed by atoms with Crippen LogP contribution in [0.5, 0.6) is 0 Å². The Kier molecular flexibility index (Phi) is 5.59. The van der Waals surface area contributed by atoms with Gasteiger partial charge < -0.3 is 19.7 Å². The summed E-state index contributed by atoms with van der Waals surface area (Å²) in [5, 5.41) is 25.9. The van der Waals surface area contributed by atoms with Gasteiger partial charge in [0.2, 0.25) is 0 Å². The van der Waals surface area contributed by atoms with Crippen LogP contribution in [0.1, 0.15) is 79.6 Å². The predicted molar refractivity (Wildman–Crippen MR) is 132 cm³/mol. The van der Waals surface area contributed by atoms with Gasteiger partial charge in [0, 0.05) is 30.7 Å². The van der Waals surface area contributed by atoms with E-state index in [9.17, 15) is 15.0 Å². The van der Waals surface area contributed by atoms with Crippen LogP contribution in [0, 0.1) is 46.3 Å². The van der Waals surface area contributed by atoms with Crippen LogP contribution in [0.15, 0.2) is 11.6 Å². The second-order valence-corrected chi connectivity index (χ2v) is 13.6. The summed E-state index contributed by atoms with van der Waals surface area (Å²) in [6.45, 7) is 11.5. The van der Waals surface area contributed by atoms with Gasteiger partial charge in [-0.15, -0.1) is 0 Å². The number of carbonyl (C=O) groups excluding carboxylic acids is 1. The van der Waals surface area contributed by atoms with Crippen molar-refractivity contribution >= 4 is 5.97 Å². The molecule has 6 heteroatoms. The van der Waals surface area contributed by atoms with E-state index in [0.717, 1.165) is 51.5 Å². The van der Waals surface area contributed by atoms with Crippen molar-refractivity contribution in [1.29, 1.82) is 0 Å². The molecule has 0 radical (unpaired) electrons. The summed E-state index contributed by atoms with van der Waals surface area (Å²) >= 11 is 0. The van der Waals surface area contributed by atoms with Crippen LogP contribution in [0.25, 0.3) is 0 Å². The third kappa shape index (κ3) is 3.25. The van der Waals surface area contributed by atoms with E-state index in [1.807, 2.05) is 0 Å². The molecule has 3 N–H and O–H groups in total. The van der Waals surface area contributed by atoms with Gasteiger partial charge in [0.1, 0.15) is 6.10 Å². The van der Waals surface area contributed by atoms with E-state index in [-0.39, 0.29) is 53.1 Å². The molecule has 4 aliphatic carbocycles. The summed E-state index contributed by atoms with van der Waals surface area (Å²) < 4.78 is 12.9. The van der Waals surface area contributed by atoms with Crippen LogP contribution in [0.2, 0.25) is 0 Å². The van der Waals surface area contributed by atoms with Crippen molar-refractivity contribution in [2.45, 2.75) is 110 Å². The van der Waals surface area contributed by atoms with Gasteiger partial charge in [-0.1, -0.05) is 39.3 Å². The zero-order chi connectivity index (χ0) is 24.9. The molecule has 1 spiro atoms. The van der Waals surface area contributed by atoms with Crippen LogP contribution in [-0.4, -0.2) is 52.9 Å². The van der Waals surface area contributed by atoms with Gasteiger partial charge in [0.25, 0.3) is 0 Å². The SMILES string of the molecule is CC(=O)O[C@H]1C[C@@H](C)CN[C@]12O[C@H]1C[C@H]3[C@@H]4CC=C5C[C@@H](O)CC[C@]5(C)[C@H]4C[C@@H](O)[C@]3(C)[C@@H]1[C@H]2C. The lowest BCUT2D eigenvalue weighted by atomic mass is 9.46. The third-order valence-electron chi connectivity index (χ3n) is 12.0. The number of esters is 1. The lowest BCUT2D eigenvalue weighted by Crippen LogP contribution is -2.65. The minimum absolute atomic E-state index is 0.0683. The highest BCUT2D eigenvalue weighted by Crippen LogP contribution is 2.70. The Morgan fingerprint density at radius 2 is 1.94 bits per heavy atom. The second-order valence-electron chi connectivity index (χ2n) is 13.6. The quantitative estimate of drug-likeness (QED) is 0.385. The van der Waals surface area contributed by atoms with E-state index in [4.69, 9.17) is 9.47 Å². The first-order valence-electron chi connectivity index (χ1n) is 14.2. The Balaban J connectivity index is 1.32. The molecule has 5 fully saturated rings. The Morgan fingerprint density at radius 3 is 2.69 bits per heavy atom. The van der Waals surface area contributed by atoms with Crippen LogP contribution >= 0.6 is 0 Å². The summed E-state index contributed by atoms with van der Waals surface area (Å²) in [6.07, 6.45) is 7.99. The fraction of sp³-hybridized carbons (Fsp3) is 0.897. The van der Waals surface area contributed by atoms with Crippen molar-refractivity contribution in [3.63, 3.8) is 0 Å². The van der Waals surface area contributed by atoms with Crippen molar-refractivity contribution in [2.75, 3.05) is 6.54 Å². The normalized spacial score (nSPS) is 57.1. The zero-order valence-corrected chi connectivity index (χ0v) is 22.1. The van der Waals surface area contributed by atoms with E-state index < -0.39 is 5.72 Å². The first-order chi connectivity index (χ1) is 16.5. The number of aliphatic hydroxyl groups is 2. The number of carbonyl (C=O) groups is 1. The van der Waals surface area contributed by atoms with Crippen molar-refractivity contribution in [3.05, 3.63) is 11.6 Å². The van der Waals surface area contributed by atoms with Gasteiger partial charge in [-0.05, 0) is 74.0 Å². The average Bonchev–Trinajstić information content (AvgIpc) is 3.24. The molecule has 6 nitrogen and oxygen atoms in total. The first-order valence-corrected chi connectivity index (χ1v) is 14.2. The van der Waals surface area contributed by atoms with E-state index in [0.29, 0.717) is 23.7 Å². The average molecular weight is 488 g/mol. The van der Waals surface area contributed by atoms with Gasteiger partial charge in [0.15, 0.2) is 5.72 Å². The molecule has 13 atom stereocenters. The molecule has 2 aliphatic heterocycles. The minimum atomic E-state index is -0.664. The topological polar surface area (TPSA) is 88.0 Å². The number of nitrogens with one attached hydrogen (secondary N) is 1. The van der Waals surface area contributed by atoms with Crippen LogP contribution in [0.4, 0.5) is 0 Å². The molecule has 0 aromatic carbocycles. The maximum atomic E-state index is 12.0. The molecule has 3 saturated carbocycles. The fourth-order valence-corrected chi connectivity index (χ4v) is 10.2. The van der Waals surface area contributed by atoms with Crippen LogP contribution in [0.3, 0.4) is 0 Å². The van der Waals surface area contributed by atoms with Gasteiger partial charge in [-0.25, -0.2) is 0 Å². The molecular formula is C29H45NO5. The number of fused-ring (bicyclic) bond motifs is 7. The van der Waals surface area contributed by atoms with Crippen molar-refractivity contribution in [1.82, 2.24) is 5.32 Å². The van der Waals surface area contributed by atoms with Crippen molar-refractivity contribution < 1.29 is 24.5 Å². The maximum absolute atomic E-state index is 12.0. The Bertz CT molecular complexity index is 921. The molecule has 0 aromatic rings. The van der Waals surface area contributed by atoms with Gasteiger partial charge in [-0.2, -0.15) is 0 Å². The number of hydrogen-bond donors (Lipinski definition) is 3. The molecule has 35 heavy (non-hydrogen) atoms. The molecule has 2 heterocycles. The smallest absolute Gasteiger partial charge is 0.303 e. The number of piperidine rings is 1. The summed E-state index contributed by atoms with van der Waals surface area (Å²) in [7, 11) is 0. The molecule has 0 unspecified atom stereocenters. The molecule has 6 aliphatic rings. The Labute approximate surface area is 210 Å². The summed E-state index contributed by atoms with van der Waals surface area (Å²) in [5.74, 6) is 1.97.